The summed E-state index contributed by atoms with van der Waals surface area (Å²) >= 11 is 0. The standard InChI is InChI=1S/C19H25F3N4O2/c20-19(21,22)15-12-23-18(24-13-15)26-10-8-25(9-11-26)17(28)7-3-5-14-4-1-2-6-16(14)27/h12-14H,1-11H2/t14-/m0/s1. The van der Waals surface area contributed by atoms with Crippen LogP contribution in [0.1, 0.15) is 50.5 Å². The number of amides is 1. The van der Waals surface area contributed by atoms with E-state index in [4.69, 9.17) is 0 Å². The Kier molecular flexibility index (Phi) is 6.51. The molecular formula is C19H25F3N4O2. The van der Waals surface area contributed by atoms with Crippen molar-refractivity contribution in [3.8, 4) is 0 Å². The molecule has 1 aromatic rings. The van der Waals surface area contributed by atoms with E-state index in [1.807, 2.05) is 0 Å². The third kappa shape index (κ3) is 5.20. The van der Waals surface area contributed by atoms with E-state index in [1.165, 1.54) is 0 Å². The molecule has 1 aliphatic heterocycles. The fourth-order valence-electron chi connectivity index (χ4n) is 3.80. The van der Waals surface area contributed by atoms with E-state index in [1.54, 1.807) is 9.80 Å². The van der Waals surface area contributed by atoms with Gasteiger partial charge in [0.05, 0.1) is 5.56 Å². The zero-order valence-corrected chi connectivity index (χ0v) is 15.7. The van der Waals surface area contributed by atoms with Crippen LogP contribution >= 0.6 is 0 Å². The Labute approximate surface area is 162 Å². The van der Waals surface area contributed by atoms with Crippen molar-refractivity contribution >= 4 is 17.6 Å². The van der Waals surface area contributed by atoms with Crippen molar-refractivity contribution in [2.75, 3.05) is 31.1 Å². The number of aromatic nitrogens is 2. The number of nitrogens with zero attached hydrogens (tertiary/aromatic N) is 4. The molecule has 3 rings (SSSR count). The summed E-state index contributed by atoms with van der Waals surface area (Å²) in [5.74, 6) is 0.770. The molecule has 1 atom stereocenters. The lowest BCUT2D eigenvalue weighted by Crippen LogP contribution is -2.49. The van der Waals surface area contributed by atoms with Gasteiger partial charge in [0.1, 0.15) is 5.78 Å². The van der Waals surface area contributed by atoms with Crippen molar-refractivity contribution in [3.05, 3.63) is 18.0 Å². The average Bonchev–Trinajstić information content (AvgIpc) is 2.69. The Morgan fingerprint density at radius 1 is 1.11 bits per heavy atom. The molecule has 1 amide bonds. The first kappa shape index (κ1) is 20.5. The number of Topliss-reactive ketones (excluding diaryl/α,β-unsaturated/α-hetero) is 1. The monoisotopic (exact) mass is 398 g/mol. The Balaban J connectivity index is 1.42. The minimum absolute atomic E-state index is 0.0660. The number of hydrogen-bond acceptors (Lipinski definition) is 5. The lowest BCUT2D eigenvalue weighted by molar-refractivity contribution is -0.138. The van der Waals surface area contributed by atoms with Crippen LogP contribution in [-0.2, 0) is 15.8 Å². The molecule has 0 radical (unpaired) electrons. The van der Waals surface area contributed by atoms with Crippen LogP contribution in [0.2, 0.25) is 0 Å². The molecule has 9 heteroatoms. The fourth-order valence-corrected chi connectivity index (χ4v) is 3.80. The van der Waals surface area contributed by atoms with Crippen LogP contribution in [0, 0.1) is 5.92 Å². The smallest absolute Gasteiger partial charge is 0.339 e. The van der Waals surface area contributed by atoms with Gasteiger partial charge in [0.2, 0.25) is 11.9 Å². The first-order valence-corrected chi connectivity index (χ1v) is 9.79. The predicted octanol–water partition coefficient (Wildman–Crippen LogP) is 3.07. The van der Waals surface area contributed by atoms with E-state index >= 15 is 0 Å². The molecule has 0 bridgehead atoms. The van der Waals surface area contributed by atoms with Crippen molar-refractivity contribution in [1.82, 2.24) is 14.9 Å². The van der Waals surface area contributed by atoms with E-state index in [0.29, 0.717) is 44.8 Å². The molecule has 1 aliphatic carbocycles. The molecule has 1 saturated carbocycles. The summed E-state index contributed by atoms with van der Waals surface area (Å²) in [5.41, 5.74) is -0.874. The normalized spacial score (nSPS) is 21.1. The Bertz CT molecular complexity index is 685. The number of carbonyl (C=O) groups excluding carboxylic acids is 2. The fraction of sp³-hybridized carbons (Fsp3) is 0.684. The third-order valence-corrected chi connectivity index (χ3v) is 5.51. The second-order valence-corrected chi connectivity index (χ2v) is 7.44. The van der Waals surface area contributed by atoms with Gasteiger partial charge in [-0.2, -0.15) is 13.2 Å². The zero-order chi connectivity index (χ0) is 20.1. The van der Waals surface area contributed by atoms with Crippen molar-refractivity contribution < 1.29 is 22.8 Å². The maximum absolute atomic E-state index is 12.6. The van der Waals surface area contributed by atoms with Gasteiger partial charge in [-0.15, -0.1) is 0 Å². The van der Waals surface area contributed by atoms with Crippen molar-refractivity contribution in [1.29, 1.82) is 0 Å². The molecule has 0 aromatic carbocycles. The number of carbonyl (C=O) groups is 2. The highest BCUT2D eigenvalue weighted by Crippen LogP contribution is 2.28. The number of hydrogen-bond donors (Lipinski definition) is 0. The highest BCUT2D eigenvalue weighted by molar-refractivity contribution is 5.81. The quantitative estimate of drug-likeness (QED) is 0.763. The summed E-state index contributed by atoms with van der Waals surface area (Å²) in [7, 11) is 0. The van der Waals surface area contributed by atoms with Crippen LogP contribution < -0.4 is 4.90 Å². The molecule has 2 aliphatic rings. The van der Waals surface area contributed by atoms with Crippen molar-refractivity contribution in [3.63, 3.8) is 0 Å². The topological polar surface area (TPSA) is 66.4 Å². The molecule has 6 nitrogen and oxygen atoms in total. The number of piperazine rings is 1. The number of ketones is 1. The maximum Gasteiger partial charge on any atom is 0.419 e. The predicted molar refractivity (Wildman–Crippen MR) is 96.6 cm³/mol. The van der Waals surface area contributed by atoms with Gasteiger partial charge in [0, 0.05) is 57.3 Å². The number of alkyl halides is 3. The molecule has 0 unspecified atom stereocenters. The Hall–Kier alpha value is -2.19. The minimum atomic E-state index is -4.45. The largest absolute Gasteiger partial charge is 0.419 e. The van der Waals surface area contributed by atoms with Crippen LogP contribution in [0.3, 0.4) is 0 Å². The Morgan fingerprint density at radius 2 is 1.79 bits per heavy atom. The SMILES string of the molecule is O=C1CCCC[C@H]1CCCC(=O)N1CCN(c2ncc(C(F)(F)F)cn2)CC1. The summed E-state index contributed by atoms with van der Waals surface area (Å²) < 4.78 is 37.8. The van der Waals surface area contributed by atoms with Crippen LogP contribution in [0.4, 0.5) is 19.1 Å². The summed E-state index contributed by atoms with van der Waals surface area (Å²) in [5, 5.41) is 0. The molecule has 154 valence electrons. The lowest BCUT2D eigenvalue weighted by Gasteiger charge is -2.35. The average molecular weight is 398 g/mol. The zero-order valence-electron chi connectivity index (χ0n) is 15.7. The highest BCUT2D eigenvalue weighted by Gasteiger charge is 2.32. The molecule has 2 fully saturated rings. The molecule has 0 spiro atoms. The van der Waals surface area contributed by atoms with Crippen LogP contribution in [0.15, 0.2) is 12.4 Å². The number of anilines is 1. The van der Waals surface area contributed by atoms with Gasteiger partial charge in [-0.25, -0.2) is 9.97 Å². The van der Waals surface area contributed by atoms with Gasteiger partial charge in [-0.3, -0.25) is 9.59 Å². The van der Waals surface area contributed by atoms with Gasteiger partial charge in [-0.1, -0.05) is 6.42 Å². The van der Waals surface area contributed by atoms with Crippen molar-refractivity contribution in [2.24, 2.45) is 5.92 Å². The van der Waals surface area contributed by atoms with Crippen LogP contribution in [0.25, 0.3) is 0 Å². The van der Waals surface area contributed by atoms with Crippen LogP contribution in [0.5, 0.6) is 0 Å². The summed E-state index contributed by atoms with van der Waals surface area (Å²) in [6, 6.07) is 0. The molecule has 1 saturated heterocycles. The second kappa shape index (κ2) is 8.87. The lowest BCUT2D eigenvalue weighted by atomic mass is 9.84. The van der Waals surface area contributed by atoms with E-state index in [-0.39, 0.29) is 17.8 Å². The minimum Gasteiger partial charge on any atom is -0.339 e. The van der Waals surface area contributed by atoms with Crippen LogP contribution in [-0.4, -0.2) is 52.7 Å². The number of halogens is 3. The third-order valence-electron chi connectivity index (χ3n) is 5.51. The molecule has 0 N–H and O–H groups in total. The van der Waals surface area contributed by atoms with Gasteiger partial charge < -0.3 is 9.80 Å². The van der Waals surface area contributed by atoms with Gasteiger partial charge >= 0.3 is 6.18 Å². The van der Waals surface area contributed by atoms with Gasteiger partial charge in [0.25, 0.3) is 0 Å². The first-order valence-electron chi connectivity index (χ1n) is 9.79. The van der Waals surface area contributed by atoms with E-state index in [9.17, 15) is 22.8 Å². The Morgan fingerprint density at radius 3 is 2.39 bits per heavy atom. The van der Waals surface area contributed by atoms with Gasteiger partial charge in [0.15, 0.2) is 0 Å². The van der Waals surface area contributed by atoms with Crippen molar-refractivity contribution in [2.45, 2.75) is 51.1 Å². The molecular weight excluding hydrogens is 373 g/mol. The first-order chi connectivity index (χ1) is 13.3. The van der Waals surface area contributed by atoms with Gasteiger partial charge in [-0.05, 0) is 25.7 Å². The highest BCUT2D eigenvalue weighted by atomic mass is 19.4. The molecule has 2 heterocycles. The molecule has 1 aromatic heterocycles. The van der Waals surface area contributed by atoms with E-state index in [2.05, 4.69) is 9.97 Å². The summed E-state index contributed by atoms with van der Waals surface area (Å²) in [4.78, 5) is 35.4. The maximum atomic E-state index is 12.6. The summed E-state index contributed by atoms with van der Waals surface area (Å²) in [6.45, 7) is 1.95. The summed E-state index contributed by atoms with van der Waals surface area (Å²) in [6.07, 6.45) is 2.75. The number of rotatable bonds is 5. The van der Waals surface area contributed by atoms with E-state index in [0.717, 1.165) is 44.5 Å². The molecule has 28 heavy (non-hydrogen) atoms. The van der Waals surface area contributed by atoms with E-state index < -0.39 is 11.7 Å². The second-order valence-electron chi connectivity index (χ2n) is 7.44.